The van der Waals surface area contributed by atoms with Crippen LogP contribution in [0.25, 0.3) is 0 Å². The quantitative estimate of drug-likeness (QED) is 0.682. The molecule has 0 spiro atoms. The first kappa shape index (κ1) is 16.0. The summed E-state index contributed by atoms with van der Waals surface area (Å²) < 4.78 is 7.95. The fourth-order valence-electron chi connectivity index (χ4n) is 1.64. The molecule has 0 aliphatic carbocycles. The van der Waals surface area contributed by atoms with Gasteiger partial charge in [-0.1, -0.05) is 29.3 Å². The maximum absolute atomic E-state index is 5.88. The molecule has 1 N–H and O–H groups in total. The Bertz CT molecular complexity index is 380. The third-order valence-electron chi connectivity index (χ3n) is 2.46. The van der Waals surface area contributed by atoms with Crippen LogP contribution in [-0.4, -0.2) is 12.6 Å². The van der Waals surface area contributed by atoms with Gasteiger partial charge in [-0.05, 0) is 54.9 Å². The lowest BCUT2D eigenvalue weighted by Crippen LogP contribution is -2.16. The highest BCUT2D eigenvalue weighted by atomic mass is 79.9. The second-order valence-electron chi connectivity index (χ2n) is 4.57. The topological polar surface area (TPSA) is 21.3 Å². The van der Waals surface area contributed by atoms with Gasteiger partial charge < -0.3 is 10.1 Å². The molecule has 0 aromatic heterocycles. The number of hydrogen-bond acceptors (Lipinski definition) is 2. The second-order valence-corrected chi connectivity index (χ2v) is 6.34. The van der Waals surface area contributed by atoms with Gasteiger partial charge in [-0.3, -0.25) is 0 Å². The molecular formula is C14H21Br2NO. The lowest BCUT2D eigenvalue weighted by Gasteiger charge is -2.17. The van der Waals surface area contributed by atoms with Crippen LogP contribution < -0.4 is 10.1 Å². The van der Waals surface area contributed by atoms with E-state index in [4.69, 9.17) is 4.74 Å². The van der Waals surface area contributed by atoms with E-state index in [-0.39, 0.29) is 6.10 Å². The predicted octanol–water partition coefficient (Wildman–Crippen LogP) is 4.89. The highest BCUT2D eigenvalue weighted by Crippen LogP contribution is 2.33. The molecule has 0 fully saturated rings. The number of benzene rings is 1. The molecule has 18 heavy (non-hydrogen) atoms. The van der Waals surface area contributed by atoms with E-state index in [2.05, 4.69) is 50.2 Å². The molecule has 4 heteroatoms. The van der Waals surface area contributed by atoms with Crippen molar-refractivity contribution in [2.24, 2.45) is 0 Å². The van der Waals surface area contributed by atoms with Crippen LogP contribution in [-0.2, 0) is 6.54 Å². The monoisotopic (exact) mass is 377 g/mol. The predicted molar refractivity (Wildman–Crippen MR) is 84.2 cm³/mol. The van der Waals surface area contributed by atoms with Crippen molar-refractivity contribution in [3.8, 4) is 5.75 Å². The normalized spacial score (nSPS) is 11.0. The molecule has 102 valence electrons. The van der Waals surface area contributed by atoms with E-state index in [9.17, 15) is 0 Å². The van der Waals surface area contributed by atoms with Crippen LogP contribution in [0.2, 0.25) is 0 Å². The first-order valence-corrected chi connectivity index (χ1v) is 7.98. The average Bonchev–Trinajstić information content (AvgIpc) is 2.28. The summed E-state index contributed by atoms with van der Waals surface area (Å²) in [5, 5.41) is 3.45. The maximum atomic E-state index is 5.88. The molecule has 0 bridgehead atoms. The van der Waals surface area contributed by atoms with Crippen molar-refractivity contribution >= 4 is 31.9 Å². The fraction of sp³-hybridized carbons (Fsp3) is 0.571. The number of halogens is 2. The van der Waals surface area contributed by atoms with Gasteiger partial charge in [0.2, 0.25) is 0 Å². The molecule has 0 aliphatic heterocycles. The van der Waals surface area contributed by atoms with Crippen LogP contribution in [0.4, 0.5) is 0 Å². The molecule has 0 heterocycles. The zero-order valence-corrected chi connectivity index (χ0v) is 14.4. The summed E-state index contributed by atoms with van der Waals surface area (Å²) in [7, 11) is 0. The highest BCUT2D eigenvalue weighted by molar-refractivity contribution is 9.11. The Morgan fingerprint density at radius 3 is 2.61 bits per heavy atom. The first-order valence-electron chi connectivity index (χ1n) is 6.39. The summed E-state index contributed by atoms with van der Waals surface area (Å²) in [6, 6.07) is 4.13. The minimum absolute atomic E-state index is 0.178. The van der Waals surface area contributed by atoms with Crippen molar-refractivity contribution in [1.29, 1.82) is 0 Å². The Hall–Kier alpha value is -0.0600. The van der Waals surface area contributed by atoms with E-state index < -0.39 is 0 Å². The lowest BCUT2D eigenvalue weighted by atomic mass is 10.2. The van der Waals surface area contributed by atoms with Gasteiger partial charge in [0.1, 0.15) is 5.75 Å². The smallest absolute Gasteiger partial charge is 0.138 e. The molecule has 0 unspecified atom stereocenters. The Labute approximate surface area is 127 Å². The van der Waals surface area contributed by atoms with E-state index in [1.54, 1.807) is 0 Å². The third kappa shape index (κ3) is 5.29. The minimum atomic E-state index is 0.178. The largest absolute Gasteiger partial charge is 0.489 e. The van der Waals surface area contributed by atoms with E-state index in [0.717, 1.165) is 27.8 Å². The van der Waals surface area contributed by atoms with Gasteiger partial charge in [0.05, 0.1) is 10.6 Å². The van der Waals surface area contributed by atoms with E-state index in [1.165, 1.54) is 18.4 Å². The maximum Gasteiger partial charge on any atom is 0.138 e. The Morgan fingerprint density at radius 1 is 1.28 bits per heavy atom. The van der Waals surface area contributed by atoms with E-state index >= 15 is 0 Å². The van der Waals surface area contributed by atoms with Crippen molar-refractivity contribution in [2.75, 3.05) is 6.54 Å². The molecule has 2 nitrogen and oxygen atoms in total. The molecule has 0 saturated carbocycles. The number of unbranched alkanes of at least 4 members (excludes halogenated alkanes) is 1. The van der Waals surface area contributed by atoms with Crippen LogP contribution in [0, 0.1) is 0 Å². The molecule has 0 radical (unpaired) electrons. The second kappa shape index (κ2) is 8.18. The van der Waals surface area contributed by atoms with E-state index in [0.29, 0.717) is 0 Å². The summed E-state index contributed by atoms with van der Waals surface area (Å²) in [5.41, 5.74) is 1.18. The van der Waals surface area contributed by atoms with Crippen LogP contribution in [0.1, 0.15) is 39.2 Å². The minimum Gasteiger partial charge on any atom is -0.489 e. The van der Waals surface area contributed by atoms with E-state index in [1.807, 2.05) is 19.9 Å². The first-order chi connectivity index (χ1) is 8.54. The summed E-state index contributed by atoms with van der Waals surface area (Å²) in [5.74, 6) is 0.942. The zero-order chi connectivity index (χ0) is 13.5. The number of ether oxygens (including phenoxy) is 1. The van der Waals surface area contributed by atoms with Gasteiger partial charge in [0.15, 0.2) is 0 Å². The molecule has 1 aromatic carbocycles. The van der Waals surface area contributed by atoms with Crippen molar-refractivity contribution in [1.82, 2.24) is 5.32 Å². The van der Waals surface area contributed by atoms with Crippen molar-refractivity contribution < 1.29 is 4.74 Å². The van der Waals surface area contributed by atoms with Crippen molar-refractivity contribution in [3.63, 3.8) is 0 Å². The SMILES string of the molecule is CCCCNCc1cc(Br)cc(Br)c1OC(C)C. The number of nitrogens with one attached hydrogen (secondary N) is 1. The fourth-order valence-corrected chi connectivity index (χ4v) is 3.04. The number of rotatable bonds is 7. The van der Waals surface area contributed by atoms with Gasteiger partial charge in [-0.15, -0.1) is 0 Å². The molecule has 0 amide bonds. The number of hydrogen-bond donors (Lipinski definition) is 1. The molecule has 1 aromatic rings. The van der Waals surface area contributed by atoms with Crippen LogP contribution in [0.5, 0.6) is 5.75 Å². The zero-order valence-electron chi connectivity index (χ0n) is 11.2. The Balaban J connectivity index is 2.79. The highest BCUT2D eigenvalue weighted by Gasteiger charge is 2.11. The molecule has 0 aliphatic rings. The third-order valence-corrected chi connectivity index (χ3v) is 3.51. The van der Waals surface area contributed by atoms with Crippen LogP contribution in [0.15, 0.2) is 21.1 Å². The molecule has 1 rings (SSSR count). The van der Waals surface area contributed by atoms with Crippen molar-refractivity contribution in [2.45, 2.75) is 46.3 Å². The van der Waals surface area contributed by atoms with Gasteiger partial charge in [0, 0.05) is 16.6 Å². The summed E-state index contributed by atoms with van der Waals surface area (Å²) in [4.78, 5) is 0. The van der Waals surface area contributed by atoms with Gasteiger partial charge in [0.25, 0.3) is 0 Å². The van der Waals surface area contributed by atoms with Crippen LogP contribution in [0.3, 0.4) is 0 Å². The summed E-state index contributed by atoms with van der Waals surface area (Å²) in [6.07, 6.45) is 2.59. The van der Waals surface area contributed by atoms with Gasteiger partial charge in [-0.2, -0.15) is 0 Å². The lowest BCUT2D eigenvalue weighted by molar-refractivity contribution is 0.238. The molecule has 0 atom stereocenters. The summed E-state index contributed by atoms with van der Waals surface area (Å²) in [6.45, 7) is 8.16. The standard InChI is InChI=1S/C14H21Br2NO/c1-4-5-6-17-9-11-7-12(15)8-13(16)14(11)18-10(2)3/h7-8,10,17H,4-6,9H2,1-3H3. The molecular weight excluding hydrogens is 358 g/mol. The van der Waals surface area contributed by atoms with Crippen molar-refractivity contribution in [3.05, 3.63) is 26.6 Å². The Kier molecular flexibility index (Phi) is 7.27. The molecule has 0 saturated heterocycles. The van der Waals surface area contributed by atoms with Crippen LogP contribution >= 0.6 is 31.9 Å². The Morgan fingerprint density at radius 2 is 2.00 bits per heavy atom. The van der Waals surface area contributed by atoms with Gasteiger partial charge >= 0.3 is 0 Å². The summed E-state index contributed by atoms with van der Waals surface area (Å²) >= 11 is 7.09. The van der Waals surface area contributed by atoms with Gasteiger partial charge in [-0.25, -0.2) is 0 Å². The average molecular weight is 379 g/mol.